The molecule has 4 heteroatoms. The number of imidazole rings is 1. The van der Waals surface area contributed by atoms with Gasteiger partial charge in [-0.05, 0) is 92.0 Å². The summed E-state index contributed by atoms with van der Waals surface area (Å²) in [6.45, 7) is 0. The van der Waals surface area contributed by atoms with Crippen LogP contribution >= 0.6 is 0 Å². The quantitative estimate of drug-likeness (QED) is 0.190. The minimum atomic E-state index is 0.837. The number of benzene rings is 8. The monoisotopic (exact) mass is 584 g/mol. The predicted molar refractivity (Wildman–Crippen MR) is 191 cm³/mol. The molecule has 0 N–H and O–H groups in total. The van der Waals surface area contributed by atoms with Crippen molar-refractivity contribution in [2.75, 3.05) is 0 Å². The summed E-state index contributed by atoms with van der Waals surface area (Å²) in [6.07, 6.45) is 0. The van der Waals surface area contributed by atoms with Gasteiger partial charge in [-0.3, -0.25) is 8.97 Å². The van der Waals surface area contributed by atoms with Crippen LogP contribution in [0.1, 0.15) is 0 Å². The Bertz CT molecular complexity index is 3030. The Morgan fingerprint density at radius 2 is 1.09 bits per heavy atom. The van der Waals surface area contributed by atoms with Gasteiger partial charge in [0.2, 0.25) is 5.95 Å². The lowest BCUT2D eigenvalue weighted by Crippen LogP contribution is -2.06. The Hall–Kier alpha value is -6.26. The van der Waals surface area contributed by atoms with E-state index in [0.29, 0.717) is 0 Å². The summed E-state index contributed by atoms with van der Waals surface area (Å²) in [6, 6.07) is 52.4. The highest BCUT2D eigenvalue weighted by Crippen LogP contribution is 2.42. The molecular weight excluding hydrogens is 560 g/mol. The topological polar surface area (TPSA) is 35.1 Å². The van der Waals surface area contributed by atoms with Gasteiger partial charge in [0, 0.05) is 16.2 Å². The molecule has 0 fully saturated rings. The number of aromatic nitrogens is 4. The van der Waals surface area contributed by atoms with Gasteiger partial charge < -0.3 is 0 Å². The maximum atomic E-state index is 5.33. The highest BCUT2D eigenvalue weighted by Gasteiger charge is 2.21. The first-order valence-electron chi connectivity index (χ1n) is 15.7. The summed E-state index contributed by atoms with van der Waals surface area (Å²) in [5.41, 5.74) is 8.53. The normalized spacial score (nSPS) is 12.3. The Morgan fingerprint density at radius 1 is 0.413 bits per heavy atom. The maximum Gasteiger partial charge on any atom is 0.221 e. The lowest BCUT2D eigenvalue weighted by atomic mass is 9.89. The first-order chi connectivity index (χ1) is 22.8. The fourth-order valence-corrected chi connectivity index (χ4v) is 7.83. The average molecular weight is 585 g/mol. The molecule has 0 aliphatic rings. The smallest absolute Gasteiger partial charge is 0.221 e. The molecule has 0 saturated heterocycles. The van der Waals surface area contributed by atoms with Crippen molar-refractivity contribution >= 4 is 81.7 Å². The van der Waals surface area contributed by atoms with Crippen LogP contribution in [0, 0.1) is 0 Å². The molecule has 11 rings (SSSR count). The summed E-state index contributed by atoms with van der Waals surface area (Å²) in [4.78, 5) is 10.4. The van der Waals surface area contributed by atoms with E-state index in [1.807, 2.05) is 12.1 Å². The van der Waals surface area contributed by atoms with Crippen molar-refractivity contribution < 1.29 is 0 Å². The van der Waals surface area contributed by atoms with Crippen LogP contribution in [0.3, 0.4) is 0 Å². The molecule has 0 atom stereocenters. The molecule has 8 aromatic carbocycles. The van der Waals surface area contributed by atoms with Gasteiger partial charge in [-0.2, -0.15) is 0 Å². The third kappa shape index (κ3) is 3.07. The number of hydrogen-bond donors (Lipinski definition) is 0. The van der Waals surface area contributed by atoms with E-state index in [1.54, 1.807) is 0 Å². The van der Waals surface area contributed by atoms with Crippen LogP contribution in [-0.2, 0) is 0 Å². The zero-order valence-corrected chi connectivity index (χ0v) is 24.6. The molecule has 46 heavy (non-hydrogen) atoms. The van der Waals surface area contributed by atoms with Crippen molar-refractivity contribution in [2.45, 2.75) is 0 Å². The average Bonchev–Trinajstić information content (AvgIpc) is 3.67. The molecule has 3 heterocycles. The van der Waals surface area contributed by atoms with Gasteiger partial charge in [0.25, 0.3) is 0 Å². The van der Waals surface area contributed by atoms with E-state index in [-0.39, 0.29) is 0 Å². The van der Waals surface area contributed by atoms with Crippen LogP contribution in [0.25, 0.3) is 98.8 Å². The number of nitrogens with zero attached hydrogens (tertiary/aromatic N) is 4. The predicted octanol–water partition coefficient (Wildman–Crippen LogP) is 10.7. The van der Waals surface area contributed by atoms with Crippen LogP contribution in [-0.4, -0.2) is 18.9 Å². The Morgan fingerprint density at radius 3 is 1.98 bits per heavy atom. The first-order valence-corrected chi connectivity index (χ1v) is 15.7. The Balaban J connectivity index is 1.25. The maximum absolute atomic E-state index is 5.33. The van der Waals surface area contributed by atoms with Gasteiger partial charge in [0.05, 0.1) is 27.6 Å². The van der Waals surface area contributed by atoms with Crippen LogP contribution in [0.4, 0.5) is 0 Å². The fourth-order valence-electron chi connectivity index (χ4n) is 7.83. The van der Waals surface area contributed by atoms with E-state index < -0.39 is 0 Å². The van der Waals surface area contributed by atoms with Crippen molar-refractivity contribution in [2.24, 2.45) is 0 Å². The molecule has 0 amide bonds. The number of hydrogen-bond acceptors (Lipinski definition) is 2. The summed E-state index contributed by atoms with van der Waals surface area (Å²) < 4.78 is 4.54. The van der Waals surface area contributed by atoms with E-state index in [1.165, 1.54) is 54.2 Å². The third-order valence-corrected chi connectivity index (χ3v) is 9.82. The molecule has 4 nitrogen and oxygen atoms in total. The van der Waals surface area contributed by atoms with Crippen LogP contribution in [0.5, 0.6) is 0 Å². The van der Waals surface area contributed by atoms with Gasteiger partial charge in [0.15, 0.2) is 0 Å². The summed E-state index contributed by atoms with van der Waals surface area (Å²) in [5.74, 6) is 0.837. The molecule has 0 aliphatic carbocycles. The van der Waals surface area contributed by atoms with Gasteiger partial charge >= 0.3 is 0 Å². The standard InChI is InChI=1S/C42H24N4/c1-3-15-34-31(13-1)41-43-35-16-4-6-18-38(35)46(41)42(44-34)45-36-17-5-2-12-29(36)33-23-27(21-22-37(33)45)32-24-28-11-7-9-25-19-20-26-10-8-14-30(32)40(26)39(25)28/h1-24H. The number of fused-ring (bicyclic) bond motifs is 8. The molecule has 0 radical (unpaired) electrons. The summed E-state index contributed by atoms with van der Waals surface area (Å²) in [5, 5.41) is 11.2. The lowest BCUT2D eigenvalue weighted by Gasteiger charge is -2.15. The zero-order chi connectivity index (χ0) is 29.9. The third-order valence-electron chi connectivity index (χ3n) is 9.82. The van der Waals surface area contributed by atoms with Crippen LogP contribution in [0.15, 0.2) is 146 Å². The minimum Gasteiger partial charge on any atom is -0.279 e. The van der Waals surface area contributed by atoms with E-state index >= 15 is 0 Å². The Kier molecular flexibility index (Phi) is 4.55. The van der Waals surface area contributed by atoms with Crippen molar-refractivity contribution in [3.05, 3.63) is 146 Å². The largest absolute Gasteiger partial charge is 0.279 e. The molecule has 0 bridgehead atoms. The molecule has 0 spiro atoms. The molecule has 0 aliphatic heterocycles. The summed E-state index contributed by atoms with van der Waals surface area (Å²) >= 11 is 0. The van der Waals surface area contributed by atoms with Crippen LogP contribution in [0.2, 0.25) is 0 Å². The number of para-hydroxylation sites is 4. The van der Waals surface area contributed by atoms with Crippen molar-refractivity contribution in [1.82, 2.24) is 18.9 Å². The van der Waals surface area contributed by atoms with E-state index in [9.17, 15) is 0 Å². The highest BCUT2D eigenvalue weighted by molar-refractivity contribution is 6.26. The minimum absolute atomic E-state index is 0.837. The SMILES string of the molecule is c1cc2ccc3cccc4c(-c5ccc6c(c5)c5ccccc5n6-c5nc6ccccc6c6nc7ccccc7n56)cc(c1)c2c34. The van der Waals surface area contributed by atoms with E-state index in [2.05, 4.69) is 142 Å². The molecular formula is C42H24N4. The highest BCUT2D eigenvalue weighted by atomic mass is 15.2. The summed E-state index contributed by atoms with van der Waals surface area (Å²) in [7, 11) is 0. The fraction of sp³-hybridized carbons (Fsp3) is 0. The van der Waals surface area contributed by atoms with E-state index in [4.69, 9.17) is 9.97 Å². The molecule has 212 valence electrons. The molecule has 0 unspecified atom stereocenters. The van der Waals surface area contributed by atoms with Crippen LogP contribution < -0.4 is 0 Å². The second-order valence-corrected chi connectivity index (χ2v) is 12.2. The second-order valence-electron chi connectivity index (χ2n) is 12.2. The first kappa shape index (κ1) is 24.1. The van der Waals surface area contributed by atoms with Gasteiger partial charge in [-0.1, -0.05) is 97.1 Å². The lowest BCUT2D eigenvalue weighted by molar-refractivity contribution is 0.979. The van der Waals surface area contributed by atoms with Crippen molar-refractivity contribution in [3.8, 4) is 17.1 Å². The molecule has 3 aromatic heterocycles. The molecule has 0 saturated carbocycles. The van der Waals surface area contributed by atoms with Crippen molar-refractivity contribution in [1.29, 1.82) is 0 Å². The van der Waals surface area contributed by atoms with E-state index in [0.717, 1.165) is 44.6 Å². The van der Waals surface area contributed by atoms with Gasteiger partial charge in [0.1, 0.15) is 5.65 Å². The van der Waals surface area contributed by atoms with Gasteiger partial charge in [-0.15, -0.1) is 0 Å². The van der Waals surface area contributed by atoms with Gasteiger partial charge in [-0.25, -0.2) is 9.97 Å². The molecule has 11 aromatic rings. The van der Waals surface area contributed by atoms with Crippen molar-refractivity contribution in [3.63, 3.8) is 0 Å². The zero-order valence-electron chi connectivity index (χ0n) is 24.6. The number of rotatable bonds is 2. The Labute approximate surface area is 262 Å². The second kappa shape index (κ2) is 8.68.